The van der Waals surface area contributed by atoms with Crippen molar-refractivity contribution in [1.82, 2.24) is 0 Å². The van der Waals surface area contributed by atoms with E-state index < -0.39 is 36.0 Å². The molecule has 2 aromatic carbocycles. The quantitative estimate of drug-likeness (QED) is 0.756. The summed E-state index contributed by atoms with van der Waals surface area (Å²) in [6, 6.07) is 11.1. The molecular formula is C20H21FN2O5. The van der Waals surface area contributed by atoms with Crippen LogP contribution >= 0.6 is 0 Å². The summed E-state index contributed by atoms with van der Waals surface area (Å²) >= 11 is 0. The average molecular weight is 388 g/mol. The second kappa shape index (κ2) is 8.98. The van der Waals surface area contributed by atoms with Crippen LogP contribution in [0.2, 0.25) is 0 Å². The first-order valence-electron chi connectivity index (χ1n) is 8.45. The Balaban J connectivity index is 1.83. The highest BCUT2D eigenvalue weighted by atomic mass is 19.1. The smallest absolute Gasteiger partial charge is 0.412 e. The van der Waals surface area contributed by atoms with Crippen LogP contribution in [0.15, 0.2) is 48.5 Å². The Morgan fingerprint density at radius 3 is 2.00 bits per heavy atom. The van der Waals surface area contributed by atoms with Crippen molar-refractivity contribution in [3.05, 3.63) is 59.9 Å². The monoisotopic (exact) mass is 388 g/mol. The molecule has 148 valence electrons. The summed E-state index contributed by atoms with van der Waals surface area (Å²) in [5.74, 6) is -1.67. The standard InChI is InChI=1S/C20H21FN2O5/c1-20(2,3)28-19(26)23-16-8-4-13(5-9-16)18(25)27-12-17(24)22-15-10-6-14(21)7-11-15/h4-11H,12H2,1-3H3,(H,22,24)(H,23,26). The Morgan fingerprint density at radius 2 is 1.43 bits per heavy atom. The molecule has 2 amide bonds. The van der Waals surface area contributed by atoms with E-state index in [1.54, 1.807) is 20.8 Å². The van der Waals surface area contributed by atoms with Crippen LogP contribution in [0.4, 0.5) is 20.6 Å². The second-order valence-electron chi connectivity index (χ2n) is 6.84. The Hall–Kier alpha value is -3.42. The number of hydrogen-bond acceptors (Lipinski definition) is 5. The lowest BCUT2D eigenvalue weighted by Crippen LogP contribution is -2.27. The number of halogens is 1. The summed E-state index contributed by atoms with van der Waals surface area (Å²) in [6.07, 6.45) is -0.611. The molecular weight excluding hydrogens is 367 g/mol. The van der Waals surface area contributed by atoms with Crippen molar-refractivity contribution in [2.45, 2.75) is 26.4 Å². The van der Waals surface area contributed by atoms with Crippen LogP contribution in [0.25, 0.3) is 0 Å². The third kappa shape index (κ3) is 7.06. The number of anilines is 2. The molecule has 28 heavy (non-hydrogen) atoms. The number of hydrogen-bond donors (Lipinski definition) is 2. The lowest BCUT2D eigenvalue weighted by atomic mass is 10.2. The molecule has 7 nitrogen and oxygen atoms in total. The summed E-state index contributed by atoms with van der Waals surface area (Å²) in [5, 5.41) is 5.02. The summed E-state index contributed by atoms with van der Waals surface area (Å²) in [4.78, 5) is 35.5. The molecule has 0 saturated carbocycles. The van der Waals surface area contributed by atoms with E-state index in [0.29, 0.717) is 11.4 Å². The molecule has 0 aliphatic carbocycles. The maximum absolute atomic E-state index is 12.8. The molecule has 2 N–H and O–H groups in total. The lowest BCUT2D eigenvalue weighted by Gasteiger charge is -2.19. The summed E-state index contributed by atoms with van der Waals surface area (Å²) in [6.45, 7) is 4.75. The first kappa shape index (κ1) is 20.9. The number of amides is 2. The molecule has 0 unspecified atom stereocenters. The van der Waals surface area contributed by atoms with Crippen molar-refractivity contribution >= 4 is 29.3 Å². The lowest BCUT2D eigenvalue weighted by molar-refractivity contribution is -0.119. The first-order chi connectivity index (χ1) is 13.1. The molecule has 0 aliphatic heterocycles. The van der Waals surface area contributed by atoms with Gasteiger partial charge in [-0.1, -0.05) is 0 Å². The summed E-state index contributed by atoms with van der Waals surface area (Å²) in [7, 11) is 0. The van der Waals surface area contributed by atoms with Gasteiger partial charge in [-0.25, -0.2) is 14.0 Å². The first-order valence-corrected chi connectivity index (χ1v) is 8.45. The van der Waals surface area contributed by atoms with E-state index in [9.17, 15) is 18.8 Å². The molecule has 0 aliphatic rings. The Bertz CT molecular complexity index is 842. The fraction of sp³-hybridized carbons (Fsp3) is 0.250. The molecule has 8 heteroatoms. The fourth-order valence-electron chi connectivity index (χ4n) is 2.06. The van der Waals surface area contributed by atoms with Crippen LogP contribution in [0.1, 0.15) is 31.1 Å². The van der Waals surface area contributed by atoms with Gasteiger partial charge in [-0.15, -0.1) is 0 Å². The van der Waals surface area contributed by atoms with Gasteiger partial charge in [-0.05, 0) is 69.3 Å². The van der Waals surface area contributed by atoms with Gasteiger partial charge in [-0.3, -0.25) is 10.1 Å². The number of ether oxygens (including phenoxy) is 2. The zero-order valence-corrected chi connectivity index (χ0v) is 15.7. The Morgan fingerprint density at radius 1 is 0.893 bits per heavy atom. The van der Waals surface area contributed by atoms with Crippen LogP contribution in [0.3, 0.4) is 0 Å². The van der Waals surface area contributed by atoms with Gasteiger partial charge in [0.2, 0.25) is 0 Å². The Kier molecular flexibility index (Phi) is 6.70. The zero-order valence-electron chi connectivity index (χ0n) is 15.7. The van der Waals surface area contributed by atoms with Gasteiger partial charge < -0.3 is 14.8 Å². The van der Waals surface area contributed by atoms with Gasteiger partial charge >= 0.3 is 12.1 Å². The van der Waals surface area contributed by atoms with Crippen LogP contribution in [0.5, 0.6) is 0 Å². The minimum atomic E-state index is -0.696. The van der Waals surface area contributed by atoms with Gasteiger partial charge in [0.15, 0.2) is 6.61 Å². The van der Waals surface area contributed by atoms with Crippen molar-refractivity contribution in [2.75, 3.05) is 17.2 Å². The van der Waals surface area contributed by atoms with E-state index in [0.717, 1.165) is 0 Å². The minimum absolute atomic E-state index is 0.212. The molecule has 0 radical (unpaired) electrons. The number of benzene rings is 2. The Labute approximate surface area is 161 Å². The van der Waals surface area contributed by atoms with Gasteiger partial charge in [0.25, 0.3) is 5.91 Å². The van der Waals surface area contributed by atoms with E-state index in [1.165, 1.54) is 48.5 Å². The predicted octanol–water partition coefficient (Wildman–Crippen LogP) is 3.97. The van der Waals surface area contributed by atoms with Crippen LogP contribution in [-0.2, 0) is 14.3 Å². The topological polar surface area (TPSA) is 93.7 Å². The molecule has 0 spiro atoms. The van der Waals surface area contributed by atoms with Gasteiger partial charge in [0.05, 0.1) is 5.56 Å². The highest BCUT2D eigenvalue weighted by Crippen LogP contribution is 2.14. The fourth-order valence-corrected chi connectivity index (χ4v) is 2.06. The SMILES string of the molecule is CC(C)(C)OC(=O)Nc1ccc(C(=O)OCC(=O)Nc2ccc(F)cc2)cc1. The average Bonchev–Trinajstić information content (AvgIpc) is 2.60. The van der Waals surface area contributed by atoms with Gasteiger partial charge in [0, 0.05) is 11.4 Å². The number of nitrogens with one attached hydrogen (secondary N) is 2. The third-order valence-corrected chi connectivity index (χ3v) is 3.23. The maximum atomic E-state index is 12.8. The summed E-state index contributed by atoms with van der Waals surface area (Å²) < 4.78 is 22.9. The van der Waals surface area contributed by atoms with E-state index in [-0.39, 0.29) is 5.56 Å². The predicted molar refractivity (Wildman–Crippen MR) is 102 cm³/mol. The molecule has 2 rings (SSSR count). The third-order valence-electron chi connectivity index (χ3n) is 3.23. The second-order valence-corrected chi connectivity index (χ2v) is 6.84. The molecule has 0 aromatic heterocycles. The highest BCUT2D eigenvalue weighted by Gasteiger charge is 2.16. The van der Waals surface area contributed by atoms with Crippen LogP contribution < -0.4 is 10.6 Å². The van der Waals surface area contributed by atoms with Crippen molar-refractivity contribution < 1.29 is 28.2 Å². The van der Waals surface area contributed by atoms with E-state index in [2.05, 4.69) is 10.6 Å². The summed E-state index contributed by atoms with van der Waals surface area (Å²) in [5.41, 5.74) is 0.423. The van der Waals surface area contributed by atoms with E-state index in [4.69, 9.17) is 9.47 Å². The molecule has 0 saturated heterocycles. The maximum Gasteiger partial charge on any atom is 0.412 e. The van der Waals surface area contributed by atoms with Crippen LogP contribution in [-0.4, -0.2) is 30.2 Å². The molecule has 0 heterocycles. The molecule has 0 atom stereocenters. The largest absolute Gasteiger partial charge is 0.452 e. The van der Waals surface area contributed by atoms with Crippen molar-refractivity contribution in [3.63, 3.8) is 0 Å². The van der Waals surface area contributed by atoms with Gasteiger partial charge in [-0.2, -0.15) is 0 Å². The molecule has 2 aromatic rings. The number of rotatable bonds is 5. The normalized spacial score (nSPS) is 10.7. The van der Waals surface area contributed by atoms with E-state index in [1.807, 2.05) is 0 Å². The number of esters is 1. The zero-order chi connectivity index (χ0) is 20.7. The van der Waals surface area contributed by atoms with Crippen molar-refractivity contribution in [1.29, 1.82) is 0 Å². The van der Waals surface area contributed by atoms with Gasteiger partial charge in [0.1, 0.15) is 11.4 Å². The number of carbonyl (C=O) groups is 3. The molecule has 0 bridgehead atoms. The minimum Gasteiger partial charge on any atom is -0.452 e. The molecule has 0 fully saturated rings. The van der Waals surface area contributed by atoms with E-state index >= 15 is 0 Å². The number of carbonyl (C=O) groups excluding carboxylic acids is 3. The van der Waals surface area contributed by atoms with Crippen molar-refractivity contribution in [2.24, 2.45) is 0 Å². The van der Waals surface area contributed by atoms with Crippen molar-refractivity contribution in [3.8, 4) is 0 Å². The highest BCUT2D eigenvalue weighted by molar-refractivity contribution is 5.95. The van der Waals surface area contributed by atoms with Crippen LogP contribution in [0, 0.1) is 5.82 Å².